The van der Waals surface area contributed by atoms with E-state index in [-0.39, 0.29) is 0 Å². The number of nitrogens with one attached hydrogen (secondary N) is 2. The molecule has 0 radical (unpaired) electrons. The van der Waals surface area contributed by atoms with E-state index in [1.54, 1.807) is 0 Å². The molecule has 1 aliphatic heterocycles. The highest BCUT2D eigenvalue weighted by Gasteiger charge is 2.14. The van der Waals surface area contributed by atoms with Crippen molar-refractivity contribution in [1.82, 2.24) is 20.2 Å². The summed E-state index contributed by atoms with van der Waals surface area (Å²) in [7, 11) is 0. The maximum Gasteiger partial charge on any atom is 0.0945 e. The molecule has 1 aromatic heterocycles. The van der Waals surface area contributed by atoms with Crippen molar-refractivity contribution in [2.24, 2.45) is 0 Å². The highest BCUT2D eigenvalue weighted by atomic mass is 15.1. The minimum atomic E-state index is 0.725. The van der Waals surface area contributed by atoms with Gasteiger partial charge in [0.2, 0.25) is 0 Å². The van der Waals surface area contributed by atoms with Crippen LogP contribution in [0.25, 0.3) is 0 Å². The van der Waals surface area contributed by atoms with Crippen LogP contribution >= 0.6 is 0 Å². The Balaban J connectivity index is 1.47. The van der Waals surface area contributed by atoms with Gasteiger partial charge in [-0.25, -0.2) is 4.98 Å². The molecule has 0 aromatic carbocycles. The summed E-state index contributed by atoms with van der Waals surface area (Å²) < 4.78 is 2.13. The lowest BCUT2D eigenvalue weighted by molar-refractivity contribution is 0.362. The van der Waals surface area contributed by atoms with Crippen LogP contribution in [-0.4, -0.2) is 35.2 Å². The Hall–Kier alpha value is -0.870. The third-order valence-electron chi connectivity index (χ3n) is 2.62. The molecule has 0 saturated carbocycles. The standard InChI is InChI=1S/C10H18N4/c1(3-13-10-7-12-8-10)2-5-14-6-4-11-9-14/h4,6,9-10,12-13H,1-3,5,7-8H2. The molecule has 14 heavy (non-hydrogen) atoms. The van der Waals surface area contributed by atoms with E-state index in [4.69, 9.17) is 0 Å². The van der Waals surface area contributed by atoms with Crippen molar-refractivity contribution in [3.63, 3.8) is 0 Å². The second-order valence-corrected chi connectivity index (χ2v) is 3.82. The Morgan fingerprint density at radius 1 is 1.43 bits per heavy atom. The molecule has 4 nitrogen and oxygen atoms in total. The number of nitrogens with zero attached hydrogens (tertiary/aromatic N) is 2. The zero-order valence-electron chi connectivity index (χ0n) is 8.45. The first-order valence-corrected chi connectivity index (χ1v) is 5.35. The summed E-state index contributed by atoms with van der Waals surface area (Å²) in [6.45, 7) is 4.51. The summed E-state index contributed by atoms with van der Waals surface area (Å²) in [5.74, 6) is 0. The predicted octanol–water partition coefficient (Wildman–Crippen LogP) is 0.225. The fourth-order valence-electron chi connectivity index (χ4n) is 1.58. The maximum atomic E-state index is 4.01. The van der Waals surface area contributed by atoms with Crippen molar-refractivity contribution in [1.29, 1.82) is 0 Å². The smallest absolute Gasteiger partial charge is 0.0945 e. The highest BCUT2D eigenvalue weighted by Crippen LogP contribution is 1.96. The number of hydrogen-bond donors (Lipinski definition) is 2. The molecule has 1 aliphatic rings. The Bertz CT molecular complexity index is 241. The van der Waals surface area contributed by atoms with Crippen LogP contribution < -0.4 is 10.6 Å². The van der Waals surface area contributed by atoms with Gasteiger partial charge in [-0.3, -0.25) is 0 Å². The number of aryl methyl sites for hydroxylation is 1. The van der Waals surface area contributed by atoms with Crippen LogP contribution in [0.5, 0.6) is 0 Å². The van der Waals surface area contributed by atoms with E-state index in [1.165, 1.54) is 12.8 Å². The monoisotopic (exact) mass is 194 g/mol. The third kappa shape index (κ3) is 2.82. The van der Waals surface area contributed by atoms with Crippen LogP contribution in [0.1, 0.15) is 12.8 Å². The molecule has 1 saturated heterocycles. The molecule has 1 aromatic rings. The molecule has 0 aliphatic carbocycles. The molecule has 2 heterocycles. The molecule has 78 valence electrons. The Morgan fingerprint density at radius 2 is 2.36 bits per heavy atom. The van der Waals surface area contributed by atoms with Crippen molar-refractivity contribution in [2.75, 3.05) is 19.6 Å². The molecular formula is C10H18N4. The fourth-order valence-corrected chi connectivity index (χ4v) is 1.58. The fraction of sp³-hybridized carbons (Fsp3) is 0.700. The summed E-state index contributed by atoms with van der Waals surface area (Å²) in [4.78, 5) is 4.01. The van der Waals surface area contributed by atoms with Crippen LogP contribution in [0.2, 0.25) is 0 Å². The van der Waals surface area contributed by atoms with Gasteiger partial charge in [0.1, 0.15) is 0 Å². The first-order chi connectivity index (χ1) is 6.95. The van der Waals surface area contributed by atoms with Gasteiger partial charge in [0.05, 0.1) is 6.33 Å². The Morgan fingerprint density at radius 3 is 3.00 bits per heavy atom. The van der Waals surface area contributed by atoms with E-state index < -0.39 is 0 Å². The van der Waals surface area contributed by atoms with Crippen molar-refractivity contribution < 1.29 is 0 Å². The van der Waals surface area contributed by atoms with Crippen molar-refractivity contribution in [3.05, 3.63) is 18.7 Å². The third-order valence-corrected chi connectivity index (χ3v) is 2.62. The Labute approximate surface area is 84.7 Å². The molecule has 1 fully saturated rings. The average molecular weight is 194 g/mol. The molecule has 0 amide bonds. The molecule has 0 unspecified atom stereocenters. The lowest BCUT2D eigenvalue weighted by atomic mass is 10.2. The summed E-state index contributed by atoms with van der Waals surface area (Å²) >= 11 is 0. The van der Waals surface area contributed by atoms with Crippen LogP contribution in [-0.2, 0) is 6.54 Å². The second-order valence-electron chi connectivity index (χ2n) is 3.82. The molecule has 2 rings (SSSR count). The van der Waals surface area contributed by atoms with Gasteiger partial charge in [-0.05, 0) is 19.4 Å². The second kappa shape index (κ2) is 5.12. The van der Waals surface area contributed by atoms with Crippen molar-refractivity contribution in [3.8, 4) is 0 Å². The van der Waals surface area contributed by atoms with Gasteiger partial charge in [0, 0.05) is 38.1 Å². The summed E-state index contributed by atoms with van der Waals surface area (Å²) in [6, 6.07) is 0.725. The van der Waals surface area contributed by atoms with Crippen LogP contribution in [0.3, 0.4) is 0 Å². The maximum absolute atomic E-state index is 4.01. The van der Waals surface area contributed by atoms with Gasteiger partial charge in [0.25, 0.3) is 0 Å². The van der Waals surface area contributed by atoms with E-state index >= 15 is 0 Å². The predicted molar refractivity (Wildman–Crippen MR) is 56.1 cm³/mol. The van der Waals surface area contributed by atoms with Crippen LogP contribution in [0, 0.1) is 0 Å². The number of imidazole rings is 1. The molecule has 4 heteroatoms. The van der Waals surface area contributed by atoms with E-state index in [0.717, 1.165) is 32.2 Å². The largest absolute Gasteiger partial charge is 0.337 e. The van der Waals surface area contributed by atoms with Crippen molar-refractivity contribution >= 4 is 0 Å². The van der Waals surface area contributed by atoms with E-state index in [1.807, 2.05) is 18.7 Å². The zero-order chi connectivity index (χ0) is 9.64. The van der Waals surface area contributed by atoms with E-state index in [0.29, 0.717) is 0 Å². The van der Waals surface area contributed by atoms with Gasteiger partial charge < -0.3 is 15.2 Å². The normalized spacial score (nSPS) is 16.9. The lowest BCUT2D eigenvalue weighted by Crippen LogP contribution is -2.55. The number of aromatic nitrogens is 2. The van der Waals surface area contributed by atoms with Crippen LogP contribution in [0.15, 0.2) is 18.7 Å². The zero-order valence-corrected chi connectivity index (χ0v) is 8.45. The Kier molecular flexibility index (Phi) is 3.54. The minimum absolute atomic E-state index is 0.725. The molecule has 0 bridgehead atoms. The van der Waals surface area contributed by atoms with Gasteiger partial charge in [-0.15, -0.1) is 0 Å². The summed E-state index contributed by atoms with van der Waals surface area (Å²) in [5.41, 5.74) is 0. The lowest BCUT2D eigenvalue weighted by Gasteiger charge is -2.28. The number of hydrogen-bond acceptors (Lipinski definition) is 3. The molecule has 0 spiro atoms. The highest BCUT2D eigenvalue weighted by molar-refractivity contribution is 4.81. The van der Waals surface area contributed by atoms with E-state index in [2.05, 4.69) is 20.2 Å². The SMILES string of the molecule is c1cn(CCCCNC2CNC2)cn1. The number of unbranched alkanes of at least 4 members (excludes halogenated alkanes) is 1. The number of rotatable bonds is 6. The van der Waals surface area contributed by atoms with Gasteiger partial charge in [0.15, 0.2) is 0 Å². The van der Waals surface area contributed by atoms with Gasteiger partial charge in [-0.1, -0.05) is 0 Å². The topological polar surface area (TPSA) is 41.9 Å². The summed E-state index contributed by atoms with van der Waals surface area (Å²) in [5, 5.41) is 6.76. The van der Waals surface area contributed by atoms with Crippen molar-refractivity contribution in [2.45, 2.75) is 25.4 Å². The summed E-state index contributed by atoms with van der Waals surface area (Å²) in [6.07, 6.45) is 8.20. The minimum Gasteiger partial charge on any atom is -0.337 e. The first-order valence-electron chi connectivity index (χ1n) is 5.35. The molecule has 2 N–H and O–H groups in total. The average Bonchev–Trinajstić information content (AvgIpc) is 2.60. The van der Waals surface area contributed by atoms with Crippen LogP contribution in [0.4, 0.5) is 0 Å². The molecular weight excluding hydrogens is 176 g/mol. The van der Waals surface area contributed by atoms with Gasteiger partial charge >= 0.3 is 0 Å². The quantitative estimate of drug-likeness (QED) is 0.637. The van der Waals surface area contributed by atoms with Gasteiger partial charge in [-0.2, -0.15) is 0 Å². The first kappa shape index (κ1) is 9.68. The molecule has 0 atom stereocenters. The van der Waals surface area contributed by atoms with E-state index in [9.17, 15) is 0 Å².